The number of benzene rings is 1. The maximum Gasteiger partial charge on any atom is 0.0837 e. The van der Waals surface area contributed by atoms with E-state index in [1.54, 1.807) is 12.3 Å². The molecule has 0 aliphatic rings. The predicted molar refractivity (Wildman–Crippen MR) is 65.4 cm³/mol. The maximum absolute atomic E-state index is 9.99. The van der Waals surface area contributed by atoms with Crippen LogP contribution in [-0.2, 0) is 0 Å². The van der Waals surface area contributed by atoms with Crippen LogP contribution < -0.4 is 5.73 Å². The minimum Gasteiger partial charge on any atom is -0.388 e. The van der Waals surface area contributed by atoms with Crippen molar-refractivity contribution >= 4 is 22.5 Å². The number of aliphatic hydroxyl groups excluding tert-OH is 1. The van der Waals surface area contributed by atoms with Crippen LogP contribution in [0.1, 0.15) is 18.1 Å². The molecule has 0 aliphatic carbocycles. The molecule has 1 aromatic carbocycles. The van der Waals surface area contributed by atoms with E-state index >= 15 is 0 Å². The van der Waals surface area contributed by atoms with Gasteiger partial charge in [-0.1, -0.05) is 23.7 Å². The van der Waals surface area contributed by atoms with Gasteiger partial charge in [0.15, 0.2) is 0 Å². The quantitative estimate of drug-likeness (QED) is 0.860. The minimum absolute atomic E-state index is 0.417. The SMILES string of the molecule is NCCC(O)c1c(Cl)ccc2cccnc12. The summed E-state index contributed by atoms with van der Waals surface area (Å²) in [5.74, 6) is 0. The standard InChI is InChI=1S/C12H13ClN2O/c13-9-4-3-8-2-1-7-15-12(8)11(9)10(16)5-6-14/h1-4,7,10,16H,5-6,14H2. The summed E-state index contributed by atoms with van der Waals surface area (Å²) >= 11 is 6.09. The van der Waals surface area contributed by atoms with Gasteiger partial charge in [0, 0.05) is 22.2 Å². The first-order valence-corrected chi connectivity index (χ1v) is 5.53. The fourth-order valence-corrected chi connectivity index (χ4v) is 2.04. The molecule has 84 valence electrons. The number of hydrogen-bond donors (Lipinski definition) is 2. The Kier molecular flexibility index (Phi) is 3.39. The predicted octanol–water partition coefficient (Wildman–Crippen LogP) is 2.27. The Bertz CT molecular complexity index is 501. The van der Waals surface area contributed by atoms with E-state index in [0.29, 0.717) is 23.6 Å². The molecule has 0 saturated heterocycles. The van der Waals surface area contributed by atoms with E-state index in [9.17, 15) is 5.11 Å². The molecule has 0 aliphatic heterocycles. The van der Waals surface area contributed by atoms with E-state index in [-0.39, 0.29) is 0 Å². The molecular weight excluding hydrogens is 224 g/mol. The van der Waals surface area contributed by atoms with Gasteiger partial charge >= 0.3 is 0 Å². The lowest BCUT2D eigenvalue weighted by Crippen LogP contribution is -2.08. The van der Waals surface area contributed by atoms with Gasteiger partial charge in [-0.15, -0.1) is 0 Å². The molecule has 1 unspecified atom stereocenters. The Labute approximate surface area is 98.9 Å². The van der Waals surface area contributed by atoms with Crippen LogP contribution in [0, 0.1) is 0 Å². The van der Waals surface area contributed by atoms with Gasteiger partial charge in [-0.3, -0.25) is 4.98 Å². The zero-order chi connectivity index (χ0) is 11.5. The summed E-state index contributed by atoms with van der Waals surface area (Å²) in [4.78, 5) is 4.26. The number of rotatable bonds is 3. The van der Waals surface area contributed by atoms with Crippen molar-refractivity contribution in [1.82, 2.24) is 4.98 Å². The average molecular weight is 237 g/mol. The van der Waals surface area contributed by atoms with Crippen molar-refractivity contribution in [3.8, 4) is 0 Å². The number of fused-ring (bicyclic) bond motifs is 1. The van der Waals surface area contributed by atoms with Crippen LogP contribution in [0.3, 0.4) is 0 Å². The van der Waals surface area contributed by atoms with E-state index in [2.05, 4.69) is 4.98 Å². The largest absolute Gasteiger partial charge is 0.388 e. The molecule has 16 heavy (non-hydrogen) atoms. The smallest absolute Gasteiger partial charge is 0.0837 e. The second-order valence-electron chi connectivity index (χ2n) is 3.63. The fourth-order valence-electron chi connectivity index (χ4n) is 1.76. The number of pyridine rings is 1. The molecular formula is C12H13ClN2O. The molecule has 0 bridgehead atoms. The molecule has 1 heterocycles. The molecule has 0 spiro atoms. The Morgan fingerprint density at radius 2 is 2.19 bits per heavy atom. The van der Waals surface area contributed by atoms with Crippen LogP contribution in [0.25, 0.3) is 10.9 Å². The van der Waals surface area contributed by atoms with Crippen LogP contribution in [0.2, 0.25) is 5.02 Å². The summed E-state index contributed by atoms with van der Waals surface area (Å²) < 4.78 is 0. The van der Waals surface area contributed by atoms with Crippen molar-refractivity contribution in [3.63, 3.8) is 0 Å². The highest BCUT2D eigenvalue weighted by Crippen LogP contribution is 2.31. The zero-order valence-electron chi connectivity index (χ0n) is 8.73. The van der Waals surface area contributed by atoms with Crippen LogP contribution in [0.15, 0.2) is 30.5 Å². The summed E-state index contributed by atoms with van der Waals surface area (Å²) in [5.41, 5.74) is 6.86. The van der Waals surface area contributed by atoms with Gasteiger partial charge in [-0.25, -0.2) is 0 Å². The normalized spacial score (nSPS) is 12.9. The molecule has 0 fully saturated rings. The van der Waals surface area contributed by atoms with Gasteiger partial charge < -0.3 is 10.8 Å². The van der Waals surface area contributed by atoms with Crippen molar-refractivity contribution < 1.29 is 5.11 Å². The number of hydrogen-bond acceptors (Lipinski definition) is 3. The number of halogens is 1. The molecule has 1 aromatic heterocycles. The van der Waals surface area contributed by atoms with E-state index < -0.39 is 6.10 Å². The van der Waals surface area contributed by atoms with Crippen molar-refractivity contribution in [1.29, 1.82) is 0 Å². The second kappa shape index (κ2) is 4.78. The van der Waals surface area contributed by atoms with Gasteiger partial charge in [-0.05, 0) is 25.1 Å². The van der Waals surface area contributed by atoms with Crippen LogP contribution in [-0.4, -0.2) is 16.6 Å². The molecule has 2 aromatic rings. The molecule has 0 saturated carbocycles. The van der Waals surface area contributed by atoms with Gasteiger partial charge in [-0.2, -0.15) is 0 Å². The first-order valence-electron chi connectivity index (χ1n) is 5.15. The van der Waals surface area contributed by atoms with Gasteiger partial charge in [0.1, 0.15) is 0 Å². The Morgan fingerprint density at radius 3 is 2.94 bits per heavy atom. The number of aromatic nitrogens is 1. The number of nitrogens with zero attached hydrogens (tertiary/aromatic N) is 1. The number of nitrogens with two attached hydrogens (primary N) is 1. The summed E-state index contributed by atoms with van der Waals surface area (Å²) in [6.07, 6.45) is 1.52. The highest BCUT2D eigenvalue weighted by Gasteiger charge is 2.15. The monoisotopic (exact) mass is 236 g/mol. The van der Waals surface area contributed by atoms with Crippen molar-refractivity contribution in [3.05, 3.63) is 41.0 Å². The van der Waals surface area contributed by atoms with Gasteiger partial charge in [0.05, 0.1) is 11.6 Å². The van der Waals surface area contributed by atoms with Crippen LogP contribution in [0.4, 0.5) is 0 Å². The Hall–Kier alpha value is -1.16. The summed E-state index contributed by atoms with van der Waals surface area (Å²) in [6.45, 7) is 0.417. The molecule has 0 radical (unpaired) electrons. The van der Waals surface area contributed by atoms with Crippen LogP contribution in [0.5, 0.6) is 0 Å². The Morgan fingerprint density at radius 1 is 1.38 bits per heavy atom. The highest BCUT2D eigenvalue weighted by molar-refractivity contribution is 6.32. The summed E-state index contributed by atoms with van der Waals surface area (Å²) in [7, 11) is 0. The summed E-state index contributed by atoms with van der Waals surface area (Å²) in [5, 5.41) is 11.5. The maximum atomic E-state index is 9.99. The Balaban J connectivity index is 2.61. The third-order valence-corrected chi connectivity index (χ3v) is 2.86. The molecule has 3 N–H and O–H groups in total. The lowest BCUT2D eigenvalue weighted by Gasteiger charge is -2.13. The topological polar surface area (TPSA) is 59.1 Å². The third-order valence-electron chi connectivity index (χ3n) is 2.53. The number of aliphatic hydroxyl groups is 1. The van der Waals surface area contributed by atoms with Gasteiger partial charge in [0.25, 0.3) is 0 Å². The molecule has 4 heteroatoms. The van der Waals surface area contributed by atoms with E-state index in [0.717, 1.165) is 10.9 Å². The first kappa shape index (κ1) is 11.3. The lowest BCUT2D eigenvalue weighted by molar-refractivity contribution is 0.172. The first-order chi connectivity index (χ1) is 7.74. The third kappa shape index (κ3) is 2.02. The van der Waals surface area contributed by atoms with E-state index in [4.69, 9.17) is 17.3 Å². The second-order valence-corrected chi connectivity index (χ2v) is 4.04. The van der Waals surface area contributed by atoms with Crippen molar-refractivity contribution in [2.75, 3.05) is 6.54 Å². The molecule has 2 rings (SSSR count). The lowest BCUT2D eigenvalue weighted by atomic mass is 10.0. The van der Waals surface area contributed by atoms with E-state index in [1.165, 1.54) is 0 Å². The van der Waals surface area contributed by atoms with Crippen molar-refractivity contribution in [2.45, 2.75) is 12.5 Å². The van der Waals surface area contributed by atoms with Gasteiger partial charge in [0.2, 0.25) is 0 Å². The average Bonchev–Trinajstić information content (AvgIpc) is 2.29. The van der Waals surface area contributed by atoms with Crippen molar-refractivity contribution in [2.24, 2.45) is 5.73 Å². The van der Waals surface area contributed by atoms with Crippen LogP contribution >= 0.6 is 11.6 Å². The van der Waals surface area contributed by atoms with E-state index in [1.807, 2.05) is 18.2 Å². The molecule has 0 amide bonds. The highest BCUT2D eigenvalue weighted by atomic mass is 35.5. The minimum atomic E-state index is -0.656. The zero-order valence-corrected chi connectivity index (χ0v) is 9.48. The molecule has 1 atom stereocenters. The fraction of sp³-hybridized carbons (Fsp3) is 0.250. The summed E-state index contributed by atoms with van der Waals surface area (Å²) in [6, 6.07) is 7.47. The molecule has 3 nitrogen and oxygen atoms in total.